The molecule has 162 valence electrons. The van der Waals surface area contributed by atoms with Crippen LogP contribution < -0.4 is 0 Å². The largest absolute Gasteiger partial charge is 0.0654 e. The van der Waals surface area contributed by atoms with E-state index in [0.717, 1.165) is 35.1 Å². The van der Waals surface area contributed by atoms with Crippen molar-refractivity contribution in [2.75, 3.05) is 0 Å². The molecule has 0 radical (unpaired) electrons. The average molecular weight is 427 g/mol. The van der Waals surface area contributed by atoms with Gasteiger partial charge in [0.2, 0.25) is 0 Å². The second-order valence-corrected chi connectivity index (χ2v) is 8.45. The lowest BCUT2D eigenvalue weighted by Crippen LogP contribution is -1.90. The highest BCUT2D eigenvalue weighted by atomic mass is 14.1. The van der Waals surface area contributed by atoms with Gasteiger partial charge in [-0.2, -0.15) is 0 Å². The molecule has 4 rings (SSSR count). The molecule has 0 aromatic heterocycles. The molecule has 0 saturated carbocycles. The molecule has 4 aromatic carbocycles. The smallest absolute Gasteiger partial charge is 0.0327 e. The highest BCUT2D eigenvalue weighted by molar-refractivity contribution is 5.91. The van der Waals surface area contributed by atoms with E-state index in [0.29, 0.717) is 0 Å². The zero-order valence-corrected chi connectivity index (χ0v) is 19.6. The van der Waals surface area contributed by atoms with Crippen LogP contribution in [0.4, 0.5) is 0 Å². The van der Waals surface area contributed by atoms with Crippen molar-refractivity contribution < 1.29 is 0 Å². The van der Waals surface area contributed by atoms with Crippen LogP contribution in [-0.2, 0) is 12.8 Å². The van der Waals surface area contributed by atoms with Gasteiger partial charge in [-0.25, -0.2) is 0 Å². The fourth-order valence-electron chi connectivity index (χ4n) is 4.02. The summed E-state index contributed by atoms with van der Waals surface area (Å²) in [6.45, 7) is 4.44. The summed E-state index contributed by atoms with van der Waals surface area (Å²) in [6, 6.07) is 29.8. The van der Waals surface area contributed by atoms with Crippen molar-refractivity contribution in [3.05, 3.63) is 118 Å². The van der Waals surface area contributed by atoms with E-state index in [1.807, 2.05) is 0 Å². The SMILES string of the molecule is CCCCc1ccc(C#Cc2ccc(C#Cc3ccc(CCC)cc3)cc2)c2ccccc12. The Bertz CT molecular complexity index is 1330. The molecular formula is C33H30. The van der Waals surface area contributed by atoms with Gasteiger partial charge in [-0.05, 0) is 83.6 Å². The van der Waals surface area contributed by atoms with E-state index < -0.39 is 0 Å². The summed E-state index contributed by atoms with van der Waals surface area (Å²) in [6.07, 6.45) is 5.84. The first-order valence-corrected chi connectivity index (χ1v) is 12.0. The van der Waals surface area contributed by atoms with Gasteiger partial charge < -0.3 is 0 Å². The lowest BCUT2D eigenvalue weighted by Gasteiger charge is -2.08. The van der Waals surface area contributed by atoms with Crippen molar-refractivity contribution in [3.63, 3.8) is 0 Å². The Labute approximate surface area is 198 Å². The number of hydrogen-bond acceptors (Lipinski definition) is 0. The third-order valence-corrected chi connectivity index (χ3v) is 5.88. The van der Waals surface area contributed by atoms with Crippen molar-refractivity contribution in [1.82, 2.24) is 0 Å². The summed E-state index contributed by atoms with van der Waals surface area (Å²) in [5.41, 5.74) is 6.93. The van der Waals surface area contributed by atoms with E-state index in [-0.39, 0.29) is 0 Å². The molecule has 0 unspecified atom stereocenters. The van der Waals surface area contributed by atoms with Crippen LogP contribution in [0.2, 0.25) is 0 Å². The fraction of sp³-hybridized carbons (Fsp3) is 0.212. The maximum absolute atomic E-state index is 3.39. The van der Waals surface area contributed by atoms with Gasteiger partial charge in [-0.1, -0.05) is 92.8 Å². The zero-order chi connectivity index (χ0) is 22.9. The molecule has 0 spiro atoms. The highest BCUT2D eigenvalue weighted by Crippen LogP contribution is 2.24. The Hall–Kier alpha value is -3.74. The van der Waals surface area contributed by atoms with E-state index in [1.165, 1.54) is 41.2 Å². The quantitative estimate of drug-likeness (QED) is 0.284. The summed E-state index contributed by atoms with van der Waals surface area (Å²) in [5, 5.41) is 2.57. The minimum absolute atomic E-state index is 1.00. The van der Waals surface area contributed by atoms with Gasteiger partial charge in [0.1, 0.15) is 0 Å². The molecule has 0 heterocycles. The van der Waals surface area contributed by atoms with Crippen molar-refractivity contribution in [3.8, 4) is 23.7 Å². The maximum atomic E-state index is 3.39. The Kier molecular flexibility index (Phi) is 7.64. The van der Waals surface area contributed by atoms with E-state index in [4.69, 9.17) is 0 Å². The molecule has 0 atom stereocenters. The van der Waals surface area contributed by atoms with E-state index >= 15 is 0 Å². The van der Waals surface area contributed by atoms with Gasteiger partial charge >= 0.3 is 0 Å². The van der Waals surface area contributed by atoms with Crippen LogP contribution in [0.1, 0.15) is 66.5 Å². The second kappa shape index (κ2) is 11.2. The van der Waals surface area contributed by atoms with Crippen LogP contribution in [0.5, 0.6) is 0 Å². The lowest BCUT2D eigenvalue weighted by molar-refractivity contribution is 0.799. The van der Waals surface area contributed by atoms with Crippen LogP contribution in [-0.4, -0.2) is 0 Å². The van der Waals surface area contributed by atoms with Gasteiger partial charge in [-0.3, -0.25) is 0 Å². The minimum atomic E-state index is 1.00. The first kappa shape index (κ1) is 22.5. The van der Waals surface area contributed by atoms with Gasteiger partial charge in [0, 0.05) is 22.3 Å². The number of rotatable bonds is 5. The van der Waals surface area contributed by atoms with Crippen LogP contribution in [0.15, 0.2) is 84.9 Å². The molecule has 0 aliphatic heterocycles. The maximum Gasteiger partial charge on any atom is 0.0327 e. The van der Waals surface area contributed by atoms with Gasteiger partial charge in [0.15, 0.2) is 0 Å². The van der Waals surface area contributed by atoms with Gasteiger partial charge in [-0.15, -0.1) is 0 Å². The summed E-state index contributed by atoms with van der Waals surface area (Å²) in [5.74, 6) is 13.3. The first-order chi connectivity index (χ1) is 16.3. The molecule has 0 fully saturated rings. The average Bonchev–Trinajstić information content (AvgIpc) is 2.87. The summed E-state index contributed by atoms with van der Waals surface area (Å²) in [7, 11) is 0. The molecule has 0 bridgehead atoms. The number of hydrogen-bond donors (Lipinski definition) is 0. The lowest BCUT2D eigenvalue weighted by atomic mass is 9.96. The number of benzene rings is 4. The van der Waals surface area contributed by atoms with E-state index in [9.17, 15) is 0 Å². The number of unbranched alkanes of at least 4 members (excludes halogenated alkanes) is 1. The van der Waals surface area contributed by atoms with Crippen molar-refractivity contribution in [2.24, 2.45) is 0 Å². The Morgan fingerprint density at radius 2 is 1.09 bits per heavy atom. The summed E-state index contributed by atoms with van der Waals surface area (Å²) >= 11 is 0. The molecule has 0 aliphatic rings. The zero-order valence-electron chi connectivity index (χ0n) is 19.6. The molecular weight excluding hydrogens is 396 g/mol. The van der Waals surface area contributed by atoms with E-state index in [2.05, 4.69) is 122 Å². The van der Waals surface area contributed by atoms with Crippen LogP contribution in [0, 0.1) is 23.7 Å². The third-order valence-electron chi connectivity index (χ3n) is 5.88. The molecule has 0 nitrogen and oxygen atoms in total. The van der Waals surface area contributed by atoms with Crippen LogP contribution >= 0.6 is 0 Å². The molecule has 4 aromatic rings. The third kappa shape index (κ3) is 5.94. The first-order valence-electron chi connectivity index (χ1n) is 12.0. The molecule has 0 N–H and O–H groups in total. The Morgan fingerprint density at radius 3 is 1.70 bits per heavy atom. The molecule has 33 heavy (non-hydrogen) atoms. The predicted octanol–water partition coefficient (Wildman–Crippen LogP) is 7.93. The minimum Gasteiger partial charge on any atom is -0.0654 e. The normalized spacial score (nSPS) is 10.2. The van der Waals surface area contributed by atoms with Gasteiger partial charge in [0.05, 0.1) is 0 Å². The molecule has 0 aliphatic carbocycles. The Morgan fingerprint density at radius 1 is 0.515 bits per heavy atom. The standard InChI is InChI=1S/C33H30/c1-3-5-9-30-24-25-31(33-11-7-6-10-32(30)33)23-22-29-20-18-28(19-21-29)17-16-27-14-12-26(8-4-2)13-15-27/h6-7,10-15,18-21,24-25H,3-5,8-9H2,1-2H3. The van der Waals surface area contributed by atoms with E-state index in [1.54, 1.807) is 0 Å². The fourth-order valence-corrected chi connectivity index (χ4v) is 4.02. The summed E-state index contributed by atoms with van der Waals surface area (Å²) < 4.78 is 0. The topological polar surface area (TPSA) is 0 Å². The monoisotopic (exact) mass is 426 g/mol. The number of aryl methyl sites for hydroxylation is 2. The van der Waals surface area contributed by atoms with Gasteiger partial charge in [0.25, 0.3) is 0 Å². The van der Waals surface area contributed by atoms with Crippen LogP contribution in [0.3, 0.4) is 0 Å². The molecule has 0 heteroatoms. The second-order valence-electron chi connectivity index (χ2n) is 8.45. The Balaban J connectivity index is 1.51. The van der Waals surface area contributed by atoms with Crippen molar-refractivity contribution >= 4 is 10.8 Å². The van der Waals surface area contributed by atoms with Crippen molar-refractivity contribution in [2.45, 2.75) is 46.0 Å². The van der Waals surface area contributed by atoms with Crippen LogP contribution in [0.25, 0.3) is 10.8 Å². The summed E-state index contributed by atoms with van der Waals surface area (Å²) in [4.78, 5) is 0. The van der Waals surface area contributed by atoms with Crippen molar-refractivity contribution in [1.29, 1.82) is 0 Å². The predicted molar refractivity (Wildman–Crippen MR) is 141 cm³/mol. The number of fused-ring (bicyclic) bond motifs is 1. The molecule has 0 saturated heterocycles. The molecule has 0 amide bonds. The highest BCUT2D eigenvalue weighted by Gasteiger charge is 2.04.